The van der Waals surface area contributed by atoms with Crippen LogP contribution in [0.1, 0.15) is 10.4 Å². The number of hydrogen-bond donors (Lipinski definition) is 2. The fourth-order valence-corrected chi connectivity index (χ4v) is 2.05. The minimum atomic E-state index is -3.77. The van der Waals surface area contributed by atoms with Gasteiger partial charge in [0.15, 0.2) is 11.5 Å². The van der Waals surface area contributed by atoms with Crippen LogP contribution in [0.5, 0.6) is 11.5 Å². The van der Waals surface area contributed by atoms with Gasteiger partial charge in [0.05, 0.1) is 11.3 Å². The highest BCUT2D eigenvalue weighted by Crippen LogP contribution is 2.45. The van der Waals surface area contributed by atoms with Crippen molar-refractivity contribution in [2.24, 2.45) is 0 Å². The molecule has 2 aromatic rings. The average Bonchev–Trinajstić information content (AvgIpc) is 2.73. The summed E-state index contributed by atoms with van der Waals surface area (Å²) in [5.74, 6) is -1.17. The number of carbonyl (C=O) groups is 1. The van der Waals surface area contributed by atoms with E-state index < -0.39 is 12.2 Å². The van der Waals surface area contributed by atoms with Crippen LogP contribution >= 0.6 is 11.6 Å². The van der Waals surface area contributed by atoms with Gasteiger partial charge in [-0.25, -0.2) is 4.98 Å². The van der Waals surface area contributed by atoms with Crippen LogP contribution in [-0.2, 0) is 0 Å². The van der Waals surface area contributed by atoms with Gasteiger partial charge in [0.2, 0.25) is 0 Å². The number of nitrogen functional groups attached to an aromatic ring is 1. The molecule has 1 aliphatic heterocycles. The summed E-state index contributed by atoms with van der Waals surface area (Å²) in [6.45, 7) is 0. The number of rotatable bonds is 2. The van der Waals surface area contributed by atoms with Crippen molar-refractivity contribution in [2.75, 3.05) is 11.1 Å². The summed E-state index contributed by atoms with van der Waals surface area (Å²) in [5, 5.41) is 2.55. The normalized spacial score (nSPS) is 14.7. The lowest BCUT2D eigenvalue weighted by Gasteiger charge is -2.09. The number of hydrogen-bond acceptors (Lipinski definition) is 5. The molecular weight excluding hydrogens is 320 g/mol. The van der Waals surface area contributed by atoms with E-state index in [0.717, 1.165) is 0 Å². The predicted octanol–water partition coefficient (Wildman–Crippen LogP) is 2.89. The van der Waals surface area contributed by atoms with Crippen molar-refractivity contribution in [3.05, 3.63) is 41.0 Å². The van der Waals surface area contributed by atoms with Crippen LogP contribution in [-0.4, -0.2) is 17.2 Å². The fraction of sp³-hybridized carbons (Fsp3) is 0.0769. The van der Waals surface area contributed by atoms with Crippen molar-refractivity contribution < 1.29 is 23.0 Å². The summed E-state index contributed by atoms with van der Waals surface area (Å²) in [7, 11) is 0. The quantitative estimate of drug-likeness (QED) is 0.828. The number of pyridine rings is 1. The van der Waals surface area contributed by atoms with Crippen LogP contribution in [0.25, 0.3) is 0 Å². The molecule has 0 saturated heterocycles. The molecule has 3 N–H and O–H groups in total. The first-order valence-electron chi connectivity index (χ1n) is 5.98. The summed E-state index contributed by atoms with van der Waals surface area (Å²) >= 11 is 5.65. The summed E-state index contributed by atoms with van der Waals surface area (Å²) in [6, 6.07) is 6.87. The van der Waals surface area contributed by atoms with E-state index in [9.17, 15) is 13.6 Å². The molecular formula is C13H8ClF2N3O3. The molecule has 1 aromatic carbocycles. The fourth-order valence-electron chi connectivity index (χ4n) is 1.90. The van der Waals surface area contributed by atoms with Crippen molar-refractivity contribution >= 4 is 29.0 Å². The summed E-state index contributed by atoms with van der Waals surface area (Å²) in [5.41, 5.74) is 5.67. The number of anilines is 2. The molecule has 114 valence electrons. The number of aromatic nitrogens is 1. The number of benzene rings is 1. The number of nitrogens with one attached hydrogen (secondary N) is 1. The number of alkyl halides is 2. The molecule has 0 saturated carbocycles. The zero-order valence-corrected chi connectivity index (χ0v) is 11.5. The Balaban J connectivity index is 1.89. The second kappa shape index (κ2) is 4.99. The Morgan fingerprint density at radius 2 is 2.05 bits per heavy atom. The van der Waals surface area contributed by atoms with Crippen LogP contribution in [0.3, 0.4) is 0 Å². The first-order chi connectivity index (χ1) is 10.4. The lowest BCUT2D eigenvalue weighted by atomic mass is 10.2. The zero-order valence-electron chi connectivity index (χ0n) is 10.8. The minimum absolute atomic E-state index is 0.0222. The number of nitrogens with zero attached hydrogens (tertiary/aromatic N) is 1. The van der Waals surface area contributed by atoms with E-state index in [1.54, 1.807) is 0 Å². The van der Waals surface area contributed by atoms with Gasteiger partial charge < -0.3 is 20.5 Å². The number of halogens is 3. The van der Waals surface area contributed by atoms with Crippen molar-refractivity contribution in [1.29, 1.82) is 0 Å². The van der Waals surface area contributed by atoms with Crippen molar-refractivity contribution in [1.82, 2.24) is 4.98 Å². The first kappa shape index (κ1) is 14.3. The molecule has 1 aliphatic rings. The SMILES string of the molecule is Nc1nc(Cl)ccc1C(=O)Nc1cccc2c1OC(F)(F)O2. The van der Waals surface area contributed by atoms with E-state index in [-0.39, 0.29) is 33.7 Å². The van der Waals surface area contributed by atoms with E-state index in [1.807, 2.05) is 0 Å². The van der Waals surface area contributed by atoms with Crippen molar-refractivity contribution in [2.45, 2.75) is 6.29 Å². The largest absolute Gasteiger partial charge is 0.586 e. The van der Waals surface area contributed by atoms with E-state index >= 15 is 0 Å². The van der Waals surface area contributed by atoms with Gasteiger partial charge >= 0.3 is 6.29 Å². The number of nitrogens with two attached hydrogens (primary N) is 1. The molecule has 0 unspecified atom stereocenters. The van der Waals surface area contributed by atoms with Gasteiger partial charge in [-0.3, -0.25) is 4.79 Å². The number of amides is 1. The molecule has 0 fully saturated rings. The van der Waals surface area contributed by atoms with Gasteiger partial charge in [0.25, 0.3) is 5.91 Å². The van der Waals surface area contributed by atoms with Gasteiger partial charge in [0.1, 0.15) is 11.0 Å². The van der Waals surface area contributed by atoms with Gasteiger partial charge in [-0.2, -0.15) is 0 Å². The Hall–Kier alpha value is -2.61. The molecule has 1 aromatic heterocycles. The second-order valence-electron chi connectivity index (χ2n) is 4.32. The topological polar surface area (TPSA) is 86.5 Å². The Kier molecular flexibility index (Phi) is 3.25. The predicted molar refractivity (Wildman–Crippen MR) is 74.3 cm³/mol. The van der Waals surface area contributed by atoms with Crippen molar-refractivity contribution in [3.63, 3.8) is 0 Å². The van der Waals surface area contributed by atoms with Crippen LogP contribution in [0.15, 0.2) is 30.3 Å². The standard InChI is InChI=1S/C13H8ClF2N3O3/c14-9-5-4-6(11(17)19-9)12(20)18-7-2-1-3-8-10(7)22-13(15,16)21-8/h1-5H,(H2,17,19)(H,18,20). The molecule has 3 rings (SSSR count). The van der Waals surface area contributed by atoms with Crippen LogP contribution in [0.4, 0.5) is 20.3 Å². The maximum Gasteiger partial charge on any atom is 0.586 e. The average molecular weight is 328 g/mol. The van der Waals surface area contributed by atoms with Crippen LogP contribution in [0.2, 0.25) is 5.15 Å². The minimum Gasteiger partial charge on any atom is -0.395 e. The molecule has 22 heavy (non-hydrogen) atoms. The van der Waals surface area contributed by atoms with E-state index in [2.05, 4.69) is 19.8 Å². The Labute approximate surface area is 127 Å². The molecule has 0 atom stereocenters. The number of para-hydroxylation sites is 1. The van der Waals surface area contributed by atoms with Crippen LogP contribution < -0.4 is 20.5 Å². The highest BCUT2D eigenvalue weighted by atomic mass is 35.5. The second-order valence-corrected chi connectivity index (χ2v) is 4.71. The number of carbonyl (C=O) groups excluding carboxylic acids is 1. The summed E-state index contributed by atoms with van der Waals surface area (Å²) < 4.78 is 34.8. The van der Waals surface area contributed by atoms with Crippen LogP contribution in [0, 0.1) is 0 Å². The molecule has 0 aliphatic carbocycles. The molecule has 2 heterocycles. The molecule has 0 spiro atoms. The Morgan fingerprint density at radius 3 is 2.77 bits per heavy atom. The smallest absolute Gasteiger partial charge is 0.395 e. The monoisotopic (exact) mass is 327 g/mol. The first-order valence-corrected chi connectivity index (χ1v) is 6.36. The zero-order chi connectivity index (χ0) is 15.9. The summed E-state index contributed by atoms with van der Waals surface area (Å²) in [4.78, 5) is 15.9. The Bertz CT molecular complexity index is 770. The van der Waals surface area contributed by atoms with E-state index in [1.165, 1.54) is 30.3 Å². The lowest BCUT2D eigenvalue weighted by Crippen LogP contribution is -2.26. The highest BCUT2D eigenvalue weighted by Gasteiger charge is 2.44. The molecule has 6 nitrogen and oxygen atoms in total. The lowest BCUT2D eigenvalue weighted by molar-refractivity contribution is -0.286. The molecule has 0 radical (unpaired) electrons. The number of fused-ring (bicyclic) bond motifs is 1. The van der Waals surface area contributed by atoms with Gasteiger partial charge in [-0.15, -0.1) is 8.78 Å². The molecule has 0 bridgehead atoms. The maximum atomic E-state index is 13.1. The molecule has 9 heteroatoms. The van der Waals surface area contributed by atoms with E-state index in [0.29, 0.717) is 0 Å². The van der Waals surface area contributed by atoms with Gasteiger partial charge in [-0.05, 0) is 24.3 Å². The molecule has 1 amide bonds. The van der Waals surface area contributed by atoms with Gasteiger partial charge in [0, 0.05) is 0 Å². The van der Waals surface area contributed by atoms with E-state index in [4.69, 9.17) is 17.3 Å². The Morgan fingerprint density at radius 1 is 1.27 bits per heavy atom. The third-order valence-electron chi connectivity index (χ3n) is 2.81. The summed E-state index contributed by atoms with van der Waals surface area (Å²) in [6.07, 6.45) is -3.77. The maximum absolute atomic E-state index is 13.1. The number of ether oxygens (including phenoxy) is 2. The van der Waals surface area contributed by atoms with Crippen molar-refractivity contribution in [3.8, 4) is 11.5 Å². The highest BCUT2D eigenvalue weighted by molar-refractivity contribution is 6.29. The third-order valence-corrected chi connectivity index (χ3v) is 3.02. The third kappa shape index (κ3) is 2.60. The van der Waals surface area contributed by atoms with Gasteiger partial charge in [-0.1, -0.05) is 17.7 Å².